The standard InChI is InChI=1S/C16H26N4/c1-3-9-17-15-7-4-8-16(18-15)20-12-14-6-5-10-19(14)11-13(20)2/h4,7-8,13-14H,3,5-6,9-12H2,1-2H3,(H,17,18). The van der Waals surface area contributed by atoms with Gasteiger partial charge in [0.2, 0.25) is 0 Å². The van der Waals surface area contributed by atoms with Crippen LogP contribution in [-0.2, 0) is 0 Å². The minimum absolute atomic E-state index is 0.554. The average Bonchev–Trinajstić information content (AvgIpc) is 2.91. The quantitative estimate of drug-likeness (QED) is 0.914. The van der Waals surface area contributed by atoms with E-state index in [-0.39, 0.29) is 0 Å². The highest BCUT2D eigenvalue weighted by Crippen LogP contribution is 2.28. The van der Waals surface area contributed by atoms with E-state index in [2.05, 4.69) is 47.2 Å². The Balaban J connectivity index is 1.74. The summed E-state index contributed by atoms with van der Waals surface area (Å²) in [4.78, 5) is 9.94. The molecule has 0 radical (unpaired) electrons. The van der Waals surface area contributed by atoms with Crippen molar-refractivity contribution in [2.24, 2.45) is 0 Å². The molecule has 2 aliphatic rings. The second kappa shape index (κ2) is 6.00. The summed E-state index contributed by atoms with van der Waals surface area (Å²) in [5.74, 6) is 2.13. The number of fused-ring (bicyclic) bond motifs is 1. The summed E-state index contributed by atoms with van der Waals surface area (Å²) in [5, 5.41) is 3.39. The van der Waals surface area contributed by atoms with Crippen molar-refractivity contribution >= 4 is 11.6 Å². The van der Waals surface area contributed by atoms with E-state index in [1.54, 1.807) is 0 Å². The van der Waals surface area contributed by atoms with E-state index in [9.17, 15) is 0 Å². The van der Waals surface area contributed by atoms with E-state index in [1.165, 1.54) is 25.9 Å². The van der Waals surface area contributed by atoms with E-state index < -0.39 is 0 Å². The second-order valence-corrected chi connectivity index (χ2v) is 6.10. The summed E-state index contributed by atoms with van der Waals surface area (Å²) in [6, 6.07) is 7.63. The first kappa shape index (κ1) is 13.7. The molecule has 110 valence electrons. The molecule has 1 aromatic rings. The van der Waals surface area contributed by atoms with Gasteiger partial charge in [0, 0.05) is 31.7 Å². The molecule has 3 heterocycles. The molecular weight excluding hydrogens is 248 g/mol. The van der Waals surface area contributed by atoms with Crippen LogP contribution in [0.15, 0.2) is 18.2 Å². The van der Waals surface area contributed by atoms with Crippen molar-refractivity contribution in [2.45, 2.75) is 45.2 Å². The molecule has 4 heteroatoms. The van der Waals surface area contributed by atoms with Crippen LogP contribution in [0.25, 0.3) is 0 Å². The Kier molecular flexibility index (Phi) is 4.10. The minimum Gasteiger partial charge on any atom is -0.370 e. The number of pyridine rings is 1. The van der Waals surface area contributed by atoms with Crippen molar-refractivity contribution in [3.05, 3.63) is 18.2 Å². The Hall–Kier alpha value is -1.29. The van der Waals surface area contributed by atoms with Crippen molar-refractivity contribution in [3.63, 3.8) is 0 Å². The van der Waals surface area contributed by atoms with Crippen molar-refractivity contribution in [2.75, 3.05) is 36.4 Å². The molecule has 2 atom stereocenters. The summed E-state index contributed by atoms with van der Waals surface area (Å²) < 4.78 is 0. The van der Waals surface area contributed by atoms with Crippen molar-refractivity contribution in [1.82, 2.24) is 9.88 Å². The van der Waals surface area contributed by atoms with Gasteiger partial charge in [-0.15, -0.1) is 0 Å². The molecular formula is C16H26N4. The van der Waals surface area contributed by atoms with Crippen LogP contribution >= 0.6 is 0 Å². The summed E-state index contributed by atoms with van der Waals surface area (Å²) in [6.45, 7) is 9.09. The van der Waals surface area contributed by atoms with Gasteiger partial charge in [0.15, 0.2) is 0 Å². The Labute approximate surface area is 122 Å². The molecule has 4 nitrogen and oxygen atoms in total. The van der Waals surface area contributed by atoms with Gasteiger partial charge in [0.05, 0.1) is 0 Å². The maximum Gasteiger partial charge on any atom is 0.131 e. The van der Waals surface area contributed by atoms with Crippen LogP contribution in [0.3, 0.4) is 0 Å². The minimum atomic E-state index is 0.554. The van der Waals surface area contributed by atoms with Gasteiger partial charge in [-0.1, -0.05) is 13.0 Å². The molecule has 2 aliphatic heterocycles. The molecule has 0 amide bonds. The highest BCUT2D eigenvalue weighted by atomic mass is 15.3. The highest BCUT2D eigenvalue weighted by molar-refractivity contribution is 5.48. The third-order valence-electron chi connectivity index (χ3n) is 4.52. The molecule has 2 unspecified atom stereocenters. The monoisotopic (exact) mass is 274 g/mol. The van der Waals surface area contributed by atoms with Crippen LogP contribution in [0.5, 0.6) is 0 Å². The predicted molar refractivity (Wildman–Crippen MR) is 84.4 cm³/mol. The topological polar surface area (TPSA) is 31.4 Å². The number of nitrogens with zero attached hydrogens (tertiary/aromatic N) is 3. The normalized spacial score (nSPS) is 26.6. The lowest BCUT2D eigenvalue weighted by Gasteiger charge is -2.43. The zero-order valence-electron chi connectivity index (χ0n) is 12.7. The fourth-order valence-electron chi connectivity index (χ4n) is 3.44. The molecule has 1 aromatic heterocycles. The van der Waals surface area contributed by atoms with Crippen LogP contribution < -0.4 is 10.2 Å². The predicted octanol–water partition coefficient (Wildman–Crippen LogP) is 2.58. The summed E-state index contributed by atoms with van der Waals surface area (Å²) >= 11 is 0. The Morgan fingerprint density at radius 1 is 1.35 bits per heavy atom. The molecule has 0 bridgehead atoms. The lowest BCUT2D eigenvalue weighted by molar-refractivity contribution is 0.202. The first-order valence-corrected chi connectivity index (χ1v) is 7.99. The largest absolute Gasteiger partial charge is 0.370 e. The molecule has 2 fully saturated rings. The first-order chi connectivity index (χ1) is 9.78. The van der Waals surface area contributed by atoms with E-state index in [4.69, 9.17) is 4.98 Å². The lowest BCUT2D eigenvalue weighted by atomic mass is 10.1. The summed E-state index contributed by atoms with van der Waals surface area (Å²) in [7, 11) is 0. The first-order valence-electron chi connectivity index (χ1n) is 7.99. The van der Waals surface area contributed by atoms with Crippen LogP contribution in [0, 0.1) is 0 Å². The lowest BCUT2D eigenvalue weighted by Crippen LogP contribution is -2.55. The van der Waals surface area contributed by atoms with E-state index in [1.807, 2.05) is 0 Å². The third-order valence-corrected chi connectivity index (χ3v) is 4.52. The molecule has 1 N–H and O–H groups in total. The van der Waals surface area contributed by atoms with E-state index in [0.29, 0.717) is 6.04 Å². The Morgan fingerprint density at radius 3 is 3.10 bits per heavy atom. The molecule has 0 saturated carbocycles. The number of anilines is 2. The zero-order chi connectivity index (χ0) is 13.9. The van der Waals surface area contributed by atoms with Gasteiger partial charge in [0.1, 0.15) is 11.6 Å². The number of hydrogen-bond donors (Lipinski definition) is 1. The molecule has 0 aliphatic carbocycles. The van der Waals surface area contributed by atoms with E-state index >= 15 is 0 Å². The smallest absolute Gasteiger partial charge is 0.131 e. The number of aromatic nitrogens is 1. The molecule has 0 spiro atoms. The van der Waals surface area contributed by atoms with Crippen LogP contribution in [-0.4, -0.2) is 48.1 Å². The SMILES string of the molecule is CCCNc1cccc(N2CC3CCCN3CC2C)n1. The van der Waals surface area contributed by atoms with Crippen molar-refractivity contribution in [3.8, 4) is 0 Å². The maximum atomic E-state index is 4.79. The summed E-state index contributed by atoms with van der Waals surface area (Å²) in [6.07, 6.45) is 3.83. The number of hydrogen-bond acceptors (Lipinski definition) is 4. The van der Waals surface area contributed by atoms with Crippen LogP contribution in [0.1, 0.15) is 33.1 Å². The van der Waals surface area contributed by atoms with Crippen LogP contribution in [0.4, 0.5) is 11.6 Å². The van der Waals surface area contributed by atoms with Gasteiger partial charge >= 0.3 is 0 Å². The number of nitrogens with one attached hydrogen (secondary N) is 1. The third kappa shape index (κ3) is 2.75. The Bertz CT molecular complexity index is 448. The Morgan fingerprint density at radius 2 is 2.25 bits per heavy atom. The molecule has 0 aromatic carbocycles. The van der Waals surface area contributed by atoms with Crippen molar-refractivity contribution in [1.29, 1.82) is 0 Å². The fourth-order valence-corrected chi connectivity index (χ4v) is 3.44. The fraction of sp³-hybridized carbons (Fsp3) is 0.688. The van der Waals surface area contributed by atoms with Crippen LogP contribution in [0.2, 0.25) is 0 Å². The average molecular weight is 274 g/mol. The highest BCUT2D eigenvalue weighted by Gasteiger charge is 2.34. The van der Waals surface area contributed by atoms with Crippen molar-refractivity contribution < 1.29 is 0 Å². The van der Waals surface area contributed by atoms with Gasteiger partial charge in [0.25, 0.3) is 0 Å². The number of rotatable bonds is 4. The van der Waals surface area contributed by atoms with Gasteiger partial charge < -0.3 is 10.2 Å². The molecule has 3 rings (SSSR count). The zero-order valence-corrected chi connectivity index (χ0v) is 12.7. The van der Waals surface area contributed by atoms with Gasteiger partial charge in [-0.2, -0.15) is 0 Å². The second-order valence-electron chi connectivity index (χ2n) is 6.10. The number of piperazine rings is 1. The molecule has 20 heavy (non-hydrogen) atoms. The van der Waals surface area contributed by atoms with E-state index in [0.717, 1.165) is 37.2 Å². The summed E-state index contributed by atoms with van der Waals surface area (Å²) in [5.41, 5.74) is 0. The maximum absolute atomic E-state index is 4.79. The van der Waals surface area contributed by atoms with Gasteiger partial charge in [-0.25, -0.2) is 4.98 Å². The van der Waals surface area contributed by atoms with Gasteiger partial charge in [-0.3, -0.25) is 4.90 Å². The molecule has 2 saturated heterocycles. The van der Waals surface area contributed by atoms with Gasteiger partial charge in [-0.05, 0) is 44.9 Å².